The van der Waals surface area contributed by atoms with Gasteiger partial charge >= 0.3 is 53.8 Å². The molecule has 0 spiro atoms. The van der Waals surface area contributed by atoms with Crippen LogP contribution in [-0.4, -0.2) is 68.4 Å². The van der Waals surface area contributed by atoms with Gasteiger partial charge in [0.05, 0.1) is 51.4 Å². The topological polar surface area (TPSA) is 199 Å². The van der Waals surface area contributed by atoms with Crippen molar-refractivity contribution in [2.24, 2.45) is 0 Å². The van der Waals surface area contributed by atoms with Gasteiger partial charge in [-0.2, -0.15) is 19.2 Å². The van der Waals surface area contributed by atoms with Crippen molar-refractivity contribution < 1.29 is 92.6 Å². The first kappa shape index (κ1) is 52.7. The number of rotatable bonds is 16. The van der Waals surface area contributed by atoms with E-state index in [9.17, 15) is 9.59 Å². The van der Waals surface area contributed by atoms with Crippen LogP contribution in [0.15, 0.2) is 44.8 Å². The number of ether oxygens (including phenoxy) is 5. The molecule has 13 nitrogen and oxygen atoms in total. The summed E-state index contributed by atoms with van der Waals surface area (Å²) in [4.78, 5) is 57.0. The predicted molar refractivity (Wildman–Crippen MR) is 204 cm³/mol. The van der Waals surface area contributed by atoms with Gasteiger partial charge in [0, 0.05) is 31.8 Å². The summed E-state index contributed by atoms with van der Waals surface area (Å²) in [5.41, 5.74) is 0. The minimum Gasteiger partial charge on any atom is -0.870 e. The number of carbonyl (C=O) groups is 2. The predicted octanol–water partition coefficient (Wildman–Crippen LogP) is 6.60. The second-order valence-electron chi connectivity index (χ2n) is 8.81. The minimum absolute atomic E-state index is 0. The van der Waals surface area contributed by atoms with Gasteiger partial charge in [-0.05, 0) is 96.3 Å². The van der Waals surface area contributed by atoms with Gasteiger partial charge in [-0.1, -0.05) is 0 Å². The number of hydrogen-bond acceptors (Lipinski definition) is 16. The fourth-order valence-corrected chi connectivity index (χ4v) is 9.12. The number of methoxy groups -OCH3 is 1. The largest absolute Gasteiger partial charge is 1.00 e. The average Bonchev–Trinajstić information content (AvgIpc) is 3.85. The molecule has 0 saturated carbocycles. The molecule has 0 saturated heterocycles. The van der Waals surface area contributed by atoms with Crippen LogP contribution < -0.4 is 48.5 Å². The van der Waals surface area contributed by atoms with Crippen molar-refractivity contribution in [1.82, 2.24) is 0 Å². The number of aromatic carboxylic acids is 1. The molecule has 0 fully saturated rings. The van der Waals surface area contributed by atoms with E-state index in [0.717, 1.165) is 66.8 Å². The Morgan fingerprint density at radius 1 is 0.654 bits per heavy atom. The fraction of sp³-hybridized carbons (Fsp3) is 0.333. The number of thiophene rings is 4. The molecule has 0 bridgehead atoms. The standard InChI is InChI=1S/C15H16Br2O4S2.C13H12Br2O4S2.2CO2.Na.H2O/c1-9-12(10(16)7-22-9)20-5-3-4-6-21-13-11(17)8-23-14(13)15(18)19-2;14-8-5-20-7-10(8)18-3-1-2-4-19-11-9(15)6-21-12(11)13(16)17;2*2-1-3;;/h7-8H,3-6H2,1-2H3;5-7H,1-4H2,(H,16,17);;;;1H2/q;;;;+1;/p-1. The van der Waals surface area contributed by atoms with Gasteiger partial charge in [-0.15, -0.1) is 45.3 Å². The SMILES string of the molecule is COC(=O)c1scc(Br)c1OCCCCOc1c(Br)csc1C.O=C(O)c1scc(Br)c1OCCCCOc1cscc1Br.O=C=O.O=C=O.[Na+].[OH-]. The zero-order chi connectivity index (χ0) is 37.5. The number of carboxylic acids is 1. The zero-order valence-corrected chi connectivity index (χ0v) is 39.2. The van der Waals surface area contributed by atoms with E-state index >= 15 is 0 Å². The average molecular weight is 1070 g/mol. The number of unbranched alkanes of at least 4 members (excludes halogenated alkanes) is 2. The molecule has 0 aliphatic rings. The van der Waals surface area contributed by atoms with Crippen LogP contribution in [0.4, 0.5) is 0 Å². The summed E-state index contributed by atoms with van der Waals surface area (Å²) < 4.78 is 30.8. The molecular formula is C30H29Br4NaO13S4. The van der Waals surface area contributed by atoms with Gasteiger partial charge in [0.25, 0.3) is 0 Å². The molecule has 22 heteroatoms. The van der Waals surface area contributed by atoms with E-state index in [1.165, 1.54) is 18.4 Å². The fourth-order valence-electron chi connectivity index (χ4n) is 3.37. The van der Waals surface area contributed by atoms with Crippen molar-refractivity contribution in [1.29, 1.82) is 0 Å². The van der Waals surface area contributed by atoms with Gasteiger partial charge in [-0.3, -0.25) is 0 Å². The summed E-state index contributed by atoms with van der Waals surface area (Å²) in [5.74, 6) is 1.40. The maximum Gasteiger partial charge on any atom is 1.00 e. The number of halogens is 4. The maximum absolute atomic E-state index is 11.6. The maximum atomic E-state index is 11.6. The molecule has 0 unspecified atom stereocenters. The van der Waals surface area contributed by atoms with E-state index in [0.29, 0.717) is 47.3 Å². The van der Waals surface area contributed by atoms with Gasteiger partial charge in [0.1, 0.15) is 11.5 Å². The number of esters is 1. The Hall–Kier alpha value is -1.42. The molecule has 4 rings (SSSR count). The van der Waals surface area contributed by atoms with E-state index in [-0.39, 0.29) is 58.2 Å². The van der Waals surface area contributed by atoms with Gasteiger partial charge in [0.2, 0.25) is 0 Å². The number of carbonyl (C=O) groups excluding carboxylic acids is 5. The van der Waals surface area contributed by atoms with E-state index in [1.807, 2.05) is 28.4 Å². The monoisotopic (exact) mass is 1060 g/mol. The Bertz CT molecular complexity index is 1660. The number of hydrogen-bond donors (Lipinski definition) is 1. The van der Waals surface area contributed by atoms with Gasteiger partial charge in [0.15, 0.2) is 21.3 Å². The van der Waals surface area contributed by atoms with Crippen LogP contribution in [0.1, 0.15) is 49.9 Å². The van der Waals surface area contributed by atoms with Crippen LogP contribution in [-0.2, 0) is 23.9 Å². The number of carboxylic acid groups (broad SMARTS) is 1. The van der Waals surface area contributed by atoms with Crippen LogP contribution in [0.5, 0.6) is 23.0 Å². The normalized spacial score (nSPS) is 9.27. The molecule has 4 aromatic heterocycles. The summed E-state index contributed by atoms with van der Waals surface area (Å²) in [7, 11) is 1.36. The van der Waals surface area contributed by atoms with E-state index in [1.54, 1.807) is 28.1 Å². The molecular weight excluding hydrogens is 1040 g/mol. The molecule has 0 atom stereocenters. The molecule has 2 N–H and O–H groups in total. The summed E-state index contributed by atoms with van der Waals surface area (Å²) in [6.45, 7) is 4.26. The van der Waals surface area contributed by atoms with E-state index in [4.69, 9.17) is 48.0 Å². The Labute approximate surface area is 370 Å². The number of aryl methyl sites for hydroxylation is 1. The molecule has 0 aliphatic carbocycles. The molecule has 280 valence electrons. The second kappa shape index (κ2) is 30.9. The van der Waals surface area contributed by atoms with Crippen molar-refractivity contribution in [3.8, 4) is 23.0 Å². The Morgan fingerprint density at radius 3 is 1.46 bits per heavy atom. The van der Waals surface area contributed by atoms with Crippen molar-refractivity contribution in [2.75, 3.05) is 33.5 Å². The summed E-state index contributed by atoms with van der Waals surface area (Å²) in [5, 5.41) is 18.5. The van der Waals surface area contributed by atoms with Gasteiger partial charge < -0.3 is 34.3 Å². The Balaban J connectivity index is 0. The summed E-state index contributed by atoms with van der Waals surface area (Å²) >= 11 is 19.3. The summed E-state index contributed by atoms with van der Waals surface area (Å²) in [6.07, 6.45) is 3.84. The van der Waals surface area contributed by atoms with Crippen LogP contribution in [0.3, 0.4) is 0 Å². The van der Waals surface area contributed by atoms with Crippen LogP contribution in [0.25, 0.3) is 0 Å². The first-order valence-corrected chi connectivity index (χ1v) is 20.5. The Kier molecular flexibility index (Phi) is 31.3. The third-order valence-corrected chi connectivity index (χ3v) is 12.6. The molecule has 4 aromatic rings. The van der Waals surface area contributed by atoms with Crippen LogP contribution in [0.2, 0.25) is 0 Å². The van der Waals surface area contributed by atoms with Gasteiger partial charge in [-0.25, -0.2) is 9.59 Å². The third kappa shape index (κ3) is 19.3. The van der Waals surface area contributed by atoms with Crippen LogP contribution >= 0.6 is 109 Å². The molecule has 0 aliphatic heterocycles. The van der Waals surface area contributed by atoms with E-state index in [2.05, 4.69) is 63.7 Å². The first-order valence-electron chi connectivity index (χ1n) is 13.8. The first-order chi connectivity index (χ1) is 24.0. The quantitative estimate of drug-likeness (QED) is 0.0716. The van der Waals surface area contributed by atoms with Crippen LogP contribution in [0, 0.1) is 6.92 Å². The van der Waals surface area contributed by atoms with Crippen molar-refractivity contribution in [2.45, 2.75) is 32.6 Å². The molecule has 0 amide bonds. The molecule has 0 aromatic carbocycles. The van der Waals surface area contributed by atoms with Crippen molar-refractivity contribution in [3.63, 3.8) is 0 Å². The summed E-state index contributed by atoms with van der Waals surface area (Å²) in [6, 6.07) is 0. The molecule has 52 heavy (non-hydrogen) atoms. The Morgan fingerprint density at radius 2 is 1.06 bits per heavy atom. The molecule has 0 radical (unpaired) electrons. The third-order valence-electron chi connectivity index (χ3n) is 5.50. The zero-order valence-electron chi connectivity index (χ0n) is 27.6. The van der Waals surface area contributed by atoms with Crippen molar-refractivity contribution >= 4 is 133 Å². The van der Waals surface area contributed by atoms with E-state index < -0.39 is 5.97 Å². The molecule has 4 heterocycles. The minimum atomic E-state index is -0.966. The van der Waals surface area contributed by atoms with Crippen molar-refractivity contribution in [3.05, 3.63) is 59.4 Å². The second-order valence-corrected chi connectivity index (χ2v) is 15.8. The smallest absolute Gasteiger partial charge is 0.870 e.